The van der Waals surface area contributed by atoms with Gasteiger partial charge >= 0.3 is 12.4 Å². The van der Waals surface area contributed by atoms with Crippen LogP contribution in [0.1, 0.15) is 39.4 Å². The molecule has 3 nitrogen and oxygen atoms in total. The van der Waals surface area contributed by atoms with Crippen molar-refractivity contribution in [1.82, 2.24) is 10.2 Å². The van der Waals surface area contributed by atoms with E-state index in [0.717, 1.165) is 5.56 Å². The van der Waals surface area contributed by atoms with E-state index < -0.39 is 35.0 Å². The van der Waals surface area contributed by atoms with Crippen molar-refractivity contribution in [3.63, 3.8) is 0 Å². The van der Waals surface area contributed by atoms with Gasteiger partial charge in [-0.2, -0.15) is 26.3 Å². The van der Waals surface area contributed by atoms with E-state index in [2.05, 4.69) is 5.32 Å². The minimum absolute atomic E-state index is 0. The molecule has 1 aliphatic heterocycles. The first kappa shape index (κ1) is 25.0. The quantitative estimate of drug-likeness (QED) is 0.617. The van der Waals surface area contributed by atoms with Crippen LogP contribution in [0.15, 0.2) is 48.5 Å². The molecule has 170 valence electrons. The molecule has 2 aromatic rings. The van der Waals surface area contributed by atoms with Crippen molar-refractivity contribution in [2.45, 2.75) is 30.7 Å². The molecule has 0 radical (unpaired) electrons. The van der Waals surface area contributed by atoms with Gasteiger partial charge in [-0.15, -0.1) is 12.4 Å². The van der Waals surface area contributed by atoms with Gasteiger partial charge in [0.1, 0.15) is 0 Å². The summed E-state index contributed by atoms with van der Waals surface area (Å²) in [6.07, 6.45) is -9.49. The first-order valence-electron chi connectivity index (χ1n) is 9.31. The van der Waals surface area contributed by atoms with Crippen LogP contribution in [0.5, 0.6) is 0 Å². The predicted molar refractivity (Wildman–Crippen MR) is 106 cm³/mol. The minimum atomic E-state index is -5.00. The normalized spacial score (nSPS) is 19.5. The molecule has 2 aromatic carbocycles. The summed E-state index contributed by atoms with van der Waals surface area (Å²) in [6.45, 7) is 1.13. The van der Waals surface area contributed by atoms with Crippen LogP contribution in [0, 0.1) is 0 Å². The van der Waals surface area contributed by atoms with Crippen molar-refractivity contribution in [1.29, 1.82) is 0 Å². The van der Waals surface area contributed by atoms with Crippen LogP contribution >= 0.6 is 12.4 Å². The molecule has 1 aliphatic rings. The van der Waals surface area contributed by atoms with E-state index in [1.54, 1.807) is 0 Å². The molecule has 0 aromatic heterocycles. The van der Waals surface area contributed by atoms with Gasteiger partial charge < -0.3 is 10.2 Å². The zero-order valence-electron chi connectivity index (χ0n) is 16.4. The van der Waals surface area contributed by atoms with Crippen molar-refractivity contribution in [2.24, 2.45) is 0 Å². The van der Waals surface area contributed by atoms with Crippen LogP contribution in [0.4, 0.5) is 26.3 Å². The number of benzene rings is 2. The molecule has 1 heterocycles. The van der Waals surface area contributed by atoms with Crippen molar-refractivity contribution in [2.75, 3.05) is 20.1 Å². The number of carbonyl (C=O) groups is 1. The van der Waals surface area contributed by atoms with Crippen molar-refractivity contribution in [3.8, 4) is 0 Å². The first-order chi connectivity index (χ1) is 14.0. The average Bonchev–Trinajstić information content (AvgIpc) is 2.71. The SMILES string of the molecule is CN(C(=O)c1cc(C(F)(F)F)cc(C(F)(F)F)c1)C1CCNCC1c1ccccc1.Cl. The van der Waals surface area contributed by atoms with Gasteiger partial charge in [-0.3, -0.25) is 4.79 Å². The molecule has 1 fully saturated rings. The first-order valence-corrected chi connectivity index (χ1v) is 9.31. The van der Waals surface area contributed by atoms with Crippen LogP contribution in [0.25, 0.3) is 0 Å². The number of rotatable bonds is 3. The number of alkyl halides is 6. The zero-order chi connectivity index (χ0) is 22.1. The largest absolute Gasteiger partial charge is 0.416 e. The highest BCUT2D eigenvalue weighted by molar-refractivity contribution is 5.94. The number of amides is 1. The molecular formula is C21H21ClF6N2O. The fourth-order valence-electron chi connectivity index (χ4n) is 3.78. The lowest BCUT2D eigenvalue weighted by Crippen LogP contribution is -2.49. The Morgan fingerprint density at radius 3 is 2.03 bits per heavy atom. The third-order valence-electron chi connectivity index (χ3n) is 5.33. The summed E-state index contributed by atoms with van der Waals surface area (Å²) in [6, 6.07) is 9.89. The summed E-state index contributed by atoms with van der Waals surface area (Å²) < 4.78 is 78.8. The lowest BCUT2D eigenvalue weighted by atomic mass is 9.85. The number of likely N-dealkylation sites (N-methyl/N-ethyl adjacent to an activating group) is 1. The van der Waals surface area contributed by atoms with Gasteiger partial charge in [-0.05, 0) is 36.7 Å². The molecule has 2 unspecified atom stereocenters. The summed E-state index contributed by atoms with van der Waals surface area (Å²) in [5, 5.41) is 3.22. The standard InChI is InChI=1S/C21H20F6N2O.ClH/c1-29(18-7-8-28-12-17(18)13-5-3-2-4-6-13)19(30)14-9-15(20(22,23)24)11-16(10-14)21(25,26)27;/h2-6,9-11,17-18,28H,7-8,12H2,1H3;1H. The van der Waals surface area contributed by atoms with E-state index in [4.69, 9.17) is 0 Å². The molecule has 0 aliphatic carbocycles. The molecule has 1 amide bonds. The molecular weight excluding hydrogens is 446 g/mol. The molecule has 1 saturated heterocycles. The third kappa shape index (κ3) is 5.71. The fraction of sp³-hybridized carbons (Fsp3) is 0.381. The van der Waals surface area contributed by atoms with Crippen LogP contribution in [-0.4, -0.2) is 37.0 Å². The second-order valence-corrected chi connectivity index (χ2v) is 7.29. The van der Waals surface area contributed by atoms with E-state index in [0.29, 0.717) is 31.6 Å². The summed E-state index contributed by atoms with van der Waals surface area (Å²) in [7, 11) is 1.42. The maximum atomic E-state index is 13.1. The van der Waals surface area contributed by atoms with Crippen molar-refractivity contribution in [3.05, 3.63) is 70.8 Å². The average molecular weight is 467 g/mol. The van der Waals surface area contributed by atoms with Crippen LogP contribution in [0.3, 0.4) is 0 Å². The number of carbonyl (C=O) groups excluding carboxylic acids is 1. The highest BCUT2D eigenvalue weighted by atomic mass is 35.5. The van der Waals surface area contributed by atoms with E-state index in [9.17, 15) is 31.1 Å². The zero-order valence-corrected chi connectivity index (χ0v) is 17.2. The molecule has 0 bridgehead atoms. The van der Waals surface area contributed by atoms with Crippen LogP contribution in [0.2, 0.25) is 0 Å². The number of nitrogens with one attached hydrogen (secondary N) is 1. The minimum Gasteiger partial charge on any atom is -0.338 e. The monoisotopic (exact) mass is 466 g/mol. The van der Waals surface area contributed by atoms with Gasteiger partial charge in [-0.1, -0.05) is 30.3 Å². The van der Waals surface area contributed by atoms with Crippen LogP contribution in [-0.2, 0) is 12.4 Å². The maximum Gasteiger partial charge on any atom is 0.416 e. The Kier molecular flexibility index (Phi) is 7.65. The molecule has 10 heteroatoms. The molecule has 3 rings (SSSR count). The van der Waals surface area contributed by atoms with Crippen molar-refractivity contribution < 1.29 is 31.1 Å². The summed E-state index contributed by atoms with van der Waals surface area (Å²) >= 11 is 0. The van der Waals surface area contributed by atoms with Gasteiger partial charge in [0.25, 0.3) is 5.91 Å². The molecule has 31 heavy (non-hydrogen) atoms. The smallest absolute Gasteiger partial charge is 0.338 e. The van der Waals surface area contributed by atoms with Gasteiger partial charge in [0.05, 0.1) is 11.1 Å². The number of hydrogen-bond donors (Lipinski definition) is 1. The number of hydrogen-bond acceptors (Lipinski definition) is 2. The Hall–Kier alpha value is -2.26. The second kappa shape index (κ2) is 9.48. The van der Waals surface area contributed by atoms with Gasteiger partial charge in [0.2, 0.25) is 0 Å². The summed E-state index contributed by atoms with van der Waals surface area (Å²) in [5.74, 6) is -1.01. The molecule has 2 atom stereocenters. The predicted octanol–water partition coefficient (Wildman–Crippen LogP) is 5.36. The fourth-order valence-corrected chi connectivity index (χ4v) is 3.78. The number of piperidine rings is 1. The summed E-state index contributed by atoms with van der Waals surface area (Å²) in [5.41, 5.74) is -2.70. The lowest BCUT2D eigenvalue weighted by molar-refractivity contribution is -0.143. The van der Waals surface area contributed by atoms with Gasteiger partial charge in [0.15, 0.2) is 0 Å². The topological polar surface area (TPSA) is 32.3 Å². The van der Waals surface area contributed by atoms with E-state index in [1.807, 2.05) is 30.3 Å². The molecule has 1 N–H and O–H groups in total. The highest BCUT2D eigenvalue weighted by Crippen LogP contribution is 2.37. The Bertz CT molecular complexity index is 869. The number of nitrogens with zero attached hydrogens (tertiary/aromatic N) is 1. The van der Waals surface area contributed by atoms with Gasteiger partial charge in [-0.25, -0.2) is 0 Å². The van der Waals surface area contributed by atoms with E-state index in [1.165, 1.54) is 11.9 Å². The highest BCUT2D eigenvalue weighted by Gasteiger charge is 2.39. The Balaban J connectivity index is 0.00000341. The second-order valence-electron chi connectivity index (χ2n) is 7.29. The van der Waals surface area contributed by atoms with Crippen LogP contribution < -0.4 is 5.32 Å². The Morgan fingerprint density at radius 2 is 1.52 bits per heavy atom. The summed E-state index contributed by atoms with van der Waals surface area (Å²) in [4.78, 5) is 14.2. The van der Waals surface area contributed by atoms with E-state index >= 15 is 0 Å². The Labute approximate surface area is 181 Å². The Morgan fingerprint density at radius 1 is 0.968 bits per heavy atom. The molecule has 0 spiro atoms. The number of halogens is 7. The molecule has 0 saturated carbocycles. The lowest BCUT2D eigenvalue weighted by Gasteiger charge is -2.39. The maximum absolute atomic E-state index is 13.1. The van der Waals surface area contributed by atoms with E-state index in [-0.39, 0.29) is 30.4 Å². The van der Waals surface area contributed by atoms with Gasteiger partial charge in [0, 0.05) is 31.1 Å². The third-order valence-corrected chi connectivity index (χ3v) is 5.33. The van der Waals surface area contributed by atoms with Crippen molar-refractivity contribution >= 4 is 18.3 Å².